The number of amides is 1. The minimum absolute atomic E-state index is 0.0104. The number of imidazole rings is 1. The minimum Gasteiger partial charge on any atom is -0.341 e. The van der Waals surface area contributed by atoms with Gasteiger partial charge in [0.2, 0.25) is 5.91 Å². The molecule has 1 unspecified atom stereocenters. The predicted octanol–water partition coefficient (Wildman–Crippen LogP) is 1.69. The summed E-state index contributed by atoms with van der Waals surface area (Å²) in [5.41, 5.74) is 0. The lowest BCUT2D eigenvalue weighted by molar-refractivity contribution is -0.135. The van der Waals surface area contributed by atoms with Crippen LogP contribution in [0.25, 0.3) is 0 Å². The van der Waals surface area contributed by atoms with Crippen LogP contribution in [0, 0.1) is 6.92 Å². The van der Waals surface area contributed by atoms with E-state index < -0.39 is 15.1 Å². The SMILES string of the molecule is Cc1nc(S(=O)(=O)Cl)cn1C(C)C(=O)N1CCCCC1. The second-order valence-corrected chi connectivity index (χ2v) is 7.55. The molecule has 1 saturated heterocycles. The molecular formula is C12H18ClN3O3S. The van der Waals surface area contributed by atoms with Crippen molar-refractivity contribution in [1.82, 2.24) is 14.5 Å². The molecule has 0 spiro atoms. The van der Waals surface area contributed by atoms with Gasteiger partial charge in [-0.1, -0.05) is 0 Å². The fraction of sp³-hybridized carbons (Fsp3) is 0.667. The van der Waals surface area contributed by atoms with E-state index in [1.54, 1.807) is 18.4 Å². The number of aryl methyl sites for hydroxylation is 1. The van der Waals surface area contributed by atoms with Gasteiger partial charge >= 0.3 is 0 Å². The van der Waals surface area contributed by atoms with Crippen molar-refractivity contribution < 1.29 is 13.2 Å². The van der Waals surface area contributed by atoms with Crippen molar-refractivity contribution in [3.8, 4) is 0 Å². The first-order valence-corrected chi connectivity index (χ1v) is 8.90. The third-order valence-electron chi connectivity index (χ3n) is 3.59. The number of likely N-dealkylation sites (tertiary alicyclic amines) is 1. The van der Waals surface area contributed by atoms with Crippen molar-refractivity contribution in [1.29, 1.82) is 0 Å². The molecule has 0 radical (unpaired) electrons. The number of hydrogen-bond acceptors (Lipinski definition) is 4. The Labute approximate surface area is 123 Å². The average Bonchev–Trinajstić information content (AvgIpc) is 2.80. The second-order valence-electron chi connectivity index (χ2n) is 5.03. The summed E-state index contributed by atoms with van der Waals surface area (Å²) in [6.07, 6.45) is 4.51. The lowest BCUT2D eigenvalue weighted by Crippen LogP contribution is -2.39. The largest absolute Gasteiger partial charge is 0.341 e. The first-order valence-electron chi connectivity index (χ1n) is 6.59. The Bertz CT molecular complexity index is 605. The highest BCUT2D eigenvalue weighted by atomic mass is 35.7. The highest BCUT2D eigenvalue weighted by molar-refractivity contribution is 8.13. The quantitative estimate of drug-likeness (QED) is 0.795. The molecule has 0 N–H and O–H groups in total. The zero-order chi connectivity index (χ0) is 14.9. The normalized spacial score (nSPS) is 18.1. The molecule has 1 fully saturated rings. The van der Waals surface area contributed by atoms with Crippen molar-refractivity contribution in [2.75, 3.05) is 13.1 Å². The van der Waals surface area contributed by atoms with Gasteiger partial charge < -0.3 is 9.47 Å². The van der Waals surface area contributed by atoms with Gasteiger partial charge in [0.15, 0.2) is 5.03 Å². The third kappa shape index (κ3) is 3.15. The topological polar surface area (TPSA) is 72.3 Å². The van der Waals surface area contributed by atoms with E-state index in [4.69, 9.17) is 10.7 Å². The summed E-state index contributed by atoms with van der Waals surface area (Å²) < 4.78 is 24.1. The Hall–Kier alpha value is -1.08. The van der Waals surface area contributed by atoms with Crippen molar-refractivity contribution in [3.05, 3.63) is 12.0 Å². The molecule has 20 heavy (non-hydrogen) atoms. The highest BCUT2D eigenvalue weighted by Crippen LogP contribution is 2.20. The van der Waals surface area contributed by atoms with Crippen LogP contribution in [0.4, 0.5) is 0 Å². The third-order valence-corrected chi connectivity index (χ3v) is 4.76. The standard InChI is InChI=1S/C12H18ClN3O3S/c1-9(12(17)15-6-4-3-5-7-15)16-8-11(14-10(16)2)20(13,18)19/h8-9H,3-7H2,1-2H3. The van der Waals surface area contributed by atoms with E-state index in [0.717, 1.165) is 32.4 Å². The van der Waals surface area contributed by atoms with E-state index in [9.17, 15) is 13.2 Å². The molecule has 0 bridgehead atoms. The number of nitrogens with zero attached hydrogens (tertiary/aromatic N) is 3. The van der Waals surface area contributed by atoms with Gasteiger partial charge in [-0.3, -0.25) is 4.79 Å². The van der Waals surface area contributed by atoms with E-state index >= 15 is 0 Å². The van der Waals surface area contributed by atoms with Crippen molar-refractivity contribution in [2.24, 2.45) is 0 Å². The van der Waals surface area contributed by atoms with Crippen LogP contribution in [0.3, 0.4) is 0 Å². The molecule has 0 aromatic carbocycles. The van der Waals surface area contributed by atoms with Crippen LogP contribution in [0.15, 0.2) is 11.2 Å². The molecule has 8 heteroatoms. The summed E-state index contributed by atoms with van der Waals surface area (Å²) >= 11 is 0. The molecule has 0 aliphatic carbocycles. The molecule has 6 nitrogen and oxygen atoms in total. The van der Waals surface area contributed by atoms with E-state index in [1.165, 1.54) is 6.20 Å². The van der Waals surface area contributed by atoms with Gasteiger partial charge in [0.05, 0.1) is 0 Å². The molecule has 1 amide bonds. The molecule has 0 saturated carbocycles. The van der Waals surface area contributed by atoms with Crippen LogP contribution >= 0.6 is 10.7 Å². The first kappa shape index (κ1) is 15.3. The van der Waals surface area contributed by atoms with E-state index in [2.05, 4.69) is 4.98 Å². The summed E-state index contributed by atoms with van der Waals surface area (Å²) in [6, 6.07) is -0.479. The molecule has 1 aliphatic heterocycles. The van der Waals surface area contributed by atoms with Gasteiger partial charge in [0.1, 0.15) is 11.9 Å². The number of halogens is 1. The van der Waals surface area contributed by atoms with Gasteiger partial charge in [-0.2, -0.15) is 0 Å². The summed E-state index contributed by atoms with van der Waals surface area (Å²) in [5.74, 6) is 0.450. The number of aromatic nitrogens is 2. The van der Waals surface area contributed by atoms with Crippen LogP contribution in [0.5, 0.6) is 0 Å². The summed E-state index contributed by atoms with van der Waals surface area (Å²) in [5, 5.41) is -0.213. The summed E-state index contributed by atoms with van der Waals surface area (Å²) in [6.45, 7) is 4.93. The van der Waals surface area contributed by atoms with Crippen molar-refractivity contribution in [2.45, 2.75) is 44.2 Å². The zero-order valence-electron chi connectivity index (χ0n) is 11.5. The smallest absolute Gasteiger partial charge is 0.280 e. The summed E-state index contributed by atoms with van der Waals surface area (Å²) in [4.78, 5) is 18.1. The van der Waals surface area contributed by atoms with E-state index in [1.807, 2.05) is 4.90 Å². The van der Waals surface area contributed by atoms with Crippen molar-refractivity contribution in [3.63, 3.8) is 0 Å². The fourth-order valence-corrected chi connectivity index (χ4v) is 3.17. The van der Waals surface area contributed by atoms with Gasteiger partial charge in [-0.25, -0.2) is 13.4 Å². The summed E-state index contributed by atoms with van der Waals surface area (Å²) in [7, 11) is 1.40. The molecule has 1 aromatic heterocycles. The lowest BCUT2D eigenvalue weighted by Gasteiger charge is -2.29. The number of carbonyl (C=O) groups is 1. The lowest BCUT2D eigenvalue weighted by atomic mass is 10.1. The number of carbonyl (C=O) groups excluding carboxylic acids is 1. The Balaban J connectivity index is 2.22. The van der Waals surface area contributed by atoms with Gasteiger partial charge in [0.25, 0.3) is 9.05 Å². The zero-order valence-corrected chi connectivity index (χ0v) is 13.1. The maximum absolute atomic E-state index is 12.4. The van der Waals surface area contributed by atoms with Gasteiger partial charge in [-0.15, -0.1) is 0 Å². The molecule has 2 rings (SSSR count). The van der Waals surface area contributed by atoms with Crippen LogP contribution in [-0.4, -0.2) is 41.9 Å². The molecule has 2 heterocycles. The molecule has 112 valence electrons. The van der Waals surface area contributed by atoms with Crippen molar-refractivity contribution >= 4 is 25.6 Å². The maximum Gasteiger partial charge on any atom is 0.280 e. The van der Waals surface area contributed by atoms with Crippen LogP contribution < -0.4 is 0 Å². The van der Waals surface area contributed by atoms with Crippen LogP contribution in [0.1, 0.15) is 38.1 Å². The van der Waals surface area contributed by atoms with Gasteiger partial charge in [-0.05, 0) is 33.1 Å². The minimum atomic E-state index is -3.87. The van der Waals surface area contributed by atoms with E-state index in [0.29, 0.717) is 5.82 Å². The molecule has 1 atom stereocenters. The second kappa shape index (κ2) is 5.73. The molecule has 1 aliphatic rings. The fourth-order valence-electron chi connectivity index (χ4n) is 2.47. The average molecular weight is 320 g/mol. The molecule has 1 aromatic rings. The Kier molecular flexibility index (Phi) is 4.39. The maximum atomic E-state index is 12.4. The Morgan fingerprint density at radius 2 is 1.95 bits per heavy atom. The van der Waals surface area contributed by atoms with Crippen LogP contribution in [-0.2, 0) is 13.8 Å². The van der Waals surface area contributed by atoms with Gasteiger partial charge in [0, 0.05) is 30.0 Å². The number of rotatable bonds is 3. The monoisotopic (exact) mass is 319 g/mol. The predicted molar refractivity (Wildman–Crippen MR) is 75.1 cm³/mol. The highest BCUT2D eigenvalue weighted by Gasteiger charge is 2.26. The van der Waals surface area contributed by atoms with Crippen LogP contribution in [0.2, 0.25) is 0 Å². The number of piperidine rings is 1. The number of hydrogen-bond donors (Lipinski definition) is 0. The van der Waals surface area contributed by atoms with E-state index in [-0.39, 0.29) is 10.9 Å². The first-order chi connectivity index (χ1) is 9.30. The Morgan fingerprint density at radius 3 is 2.45 bits per heavy atom. The Morgan fingerprint density at radius 1 is 1.35 bits per heavy atom. The molecular weight excluding hydrogens is 302 g/mol.